The molecule has 0 fully saturated rings. The number of benzene rings is 1. The standard InChI is InChI=1S/C15H16FNS/c1-3-4-5-6-13(17-2)15-9-11-7-8-12(16)10-14(11)18-15/h1,7-10,13,17H,4-6H2,2H3. The summed E-state index contributed by atoms with van der Waals surface area (Å²) in [7, 11) is 1.95. The zero-order valence-corrected chi connectivity index (χ0v) is 11.2. The van der Waals surface area contributed by atoms with E-state index in [2.05, 4.69) is 17.3 Å². The van der Waals surface area contributed by atoms with Gasteiger partial charge in [0.05, 0.1) is 0 Å². The van der Waals surface area contributed by atoms with E-state index in [1.807, 2.05) is 13.1 Å². The van der Waals surface area contributed by atoms with Gasteiger partial charge in [0.25, 0.3) is 0 Å². The van der Waals surface area contributed by atoms with Gasteiger partial charge < -0.3 is 5.32 Å². The highest BCUT2D eigenvalue weighted by Gasteiger charge is 2.12. The number of halogens is 1. The van der Waals surface area contributed by atoms with Gasteiger partial charge in [-0.15, -0.1) is 23.7 Å². The minimum Gasteiger partial charge on any atom is -0.312 e. The second kappa shape index (κ2) is 5.99. The summed E-state index contributed by atoms with van der Waals surface area (Å²) in [5, 5.41) is 4.41. The highest BCUT2D eigenvalue weighted by molar-refractivity contribution is 7.19. The van der Waals surface area contributed by atoms with Gasteiger partial charge in [-0.1, -0.05) is 6.07 Å². The summed E-state index contributed by atoms with van der Waals surface area (Å²) >= 11 is 1.65. The van der Waals surface area contributed by atoms with Crippen LogP contribution in [0.15, 0.2) is 24.3 Å². The van der Waals surface area contributed by atoms with Gasteiger partial charge in [-0.2, -0.15) is 0 Å². The van der Waals surface area contributed by atoms with Crippen LogP contribution < -0.4 is 5.32 Å². The topological polar surface area (TPSA) is 12.0 Å². The predicted octanol–water partition coefficient (Wildman–Crippen LogP) is 4.10. The highest BCUT2D eigenvalue weighted by Crippen LogP contribution is 2.32. The van der Waals surface area contributed by atoms with Crippen LogP contribution in [0.25, 0.3) is 10.1 Å². The average Bonchev–Trinajstić information content (AvgIpc) is 2.77. The Hall–Kier alpha value is -1.37. The van der Waals surface area contributed by atoms with Crippen molar-refractivity contribution in [2.75, 3.05) is 7.05 Å². The lowest BCUT2D eigenvalue weighted by atomic mass is 10.1. The molecule has 0 spiro atoms. The van der Waals surface area contributed by atoms with Gasteiger partial charge in [0, 0.05) is 22.0 Å². The molecule has 0 radical (unpaired) electrons. The molecule has 1 nitrogen and oxygen atoms in total. The highest BCUT2D eigenvalue weighted by atomic mass is 32.1. The fourth-order valence-electron chi connectivity index (χ4n) is 2.03. The Kier molecular flexibility index (Phi) is 4.35. The minimum atomic E-state index is -0.177. The van der Waals surface area contributed by atoms with E-state index in [4.69, 9.17) is 6.42 Å². The molecule has 3 heteroatoms. The molecule has 0 aliphatic rings. The molecule has 1 N–H and O–H groups in total. The number of fused-ring (bicyclic) bond motifs is 1. The fourth-order valence-corrected chi connectivity index (χ4v) is 3.27. The lowest BCUT2D eigenvalue weighted by Crippen LogP contribution is -2.14. The smallest absolute Gasteiger partial charge is 0.124 e. The van der Waals surface area contributed by atoms with Crippen LogP contribution >= 0.6 is 11.3 Å². The SMILES string of the molecule is C#CCCCC(NC)c1cc2ccc(F)cc2s1. The molecule has 2 aromatic rings. The van der Waals surface area contributed by atoms with E-state index in [0.717, 1.165) is 29.3 Å². The van der Waals surface area contributed by atoms with E-state index in [0.29, 0.717) is 6.04 Å². The fraction of sp³-hybridized carbons (Fsp3) is 0.333. The maximum absolute atomic E-state index is 13.1. The molecule has 1 aromatic carbocycles. The second-order valence-electron chi connectivity index (χ2n) is 4.27. The molecule has 0 bridgehead atoms. The average molecular weight is 261 g/mol. The first kappa shape index (κ1) is 13.1. The van der Waals surface area contributed by atoms with Gasteiger partial charge in [-0.3, -0.25) is 0 Å². The Morgan fingerprint density at radius 1 is 1.44 bits per heavy atom. The molecule has 1 unspecified atom stereocenters. The van der Waals surface area contributed by atoms with Crippen LogP contribution in [0.3, 0.4) is 0 Å². The van der Waals surface area contributed by atoms with E-state index >= 15 is 0 Å². The van der Waals surface area contributed by atoms with Crippen molar-refractivity contribution in [1.82, 2.24) is 5.32 Å². The van der Waals surface area contributed by atoms with Crippen molar-refractivity contribution in [3.63, 3.8) is 0 Å². The van der Waals surface area contributed by atoms with Crippen LogP contribution in [-0.2, 0) is 0 Å². The third-order valence-electron chi connectivity index (χ3n) is 3.01. The Bertz CT molecular complexity index is 567. The predicted molar refractivity (Wildman–Crippen MR) is 76.3 cm³/mol. The van der Waals surface area contributed by atoms with E-state index in [1.54, 1.807) is 17.4 Å². The van der Waals surface area contributed by atoms with Gasteiger partial charge in [-0.25, -0.2) is 4.39 Å². The molecule has 0 aliphatic carbocycles. The van der Waals surface area contributed by atoms with Gasteiger partial charge in [-0.05, 0) is 43.5 Å². The molecule has 1 aromatic heterocycles. The molecule has 18 heavy (non-hydrogen) atoms. The zero-order valence-electron chi connectivity index (χ0n) is 10.4. The van der Waals surface area contributed by atoms with Gasteiger partial charge >= 0.3 is 0 Å². The number of terminal acetylenes is 1. The molecule has 2 rings (SSSR count). The number of nitrogens with one attached hydrogen (secondary N) is 1. The third kappa shape index (κ3) is 2.90. The number of hydrogen-bond acceptors (Lipinski definition) is 2. The summed E-state index contributed by atoms with van der Waals surface area (Å²) in [5.74, 6) is 2.48. The maximum Gasteiger partial charge on any atom is 0.124 e. The Morgan fingerprint density at radius 3 is 3.00 bits per heavy atom. The van der Waals surface area contributed by atoms with Crippen LogP contribution in [0.2, 0.25) is 0 Å². The molecule has 1 atom stereocenters. The summed E-state index contributed by atoms with van der Waals surface area (Å²) in [4.78, 5) is 1.25. The number of hydrogen-bond donors (Lipinski definition) is 1. The van der Waals surface area contributed by atoms with Gasteiger partial charge in [0.15, 0.2) is 0 Å². The normalized spacial score (nSPS) is 12.5. The second-order valence-corrected chi connectivity index (χ2v) is 5.38. The monoisotopic (exact) mass is 261 g/mol. The van der Waals surface area contributed by atoms with Gasteiger partial charge in [0.2, 0.25) is 0 Å². The largest absolute Gasteiger partial charge is 0.312 e. The van der Waals surface area contributed by atoms with Crippen LogP contribution in [0.4, 0.5) is 4.39 Å². The molecule has 0 amide bonds. The van der Waals surface area contributed by atoms with Crippen molar-refractivity contribution in [1.29, 1.82) is 0 Å². The first-order chi connectivity index (χ1) is 8.74. The first-order valence-corrected chi connectivity index (χ1v) is 6.86. The third-order valence-corrected chi connectivity index (χ3v) is 4.22. The first-order valence-electron chi connectivity index (χ1n) is 6.04. The minimum absolute atomic E-state index is 0.177. The van der Waals surface area contributed by atoms with Crippen molar-refractivity contribution in [2.45, 2.75) is 25.3 Å². The summed E-state index contributed by atoms with van der Waals surface area (Å²) in [5.41, 5.74) is 0. The van der Waals surface area contributed by atoms with Crippen molar-refractivity contribution >= 4 is 21.4 Å². The summed E-state index contributed by atoms with van der Waals surface area (Å²) < 4.78 is 14.1. The summed E-state index contributed by atoms with van der Waals surface area (Å²) in [6, 6.07) is 7.37. The van der Waals surface area contributed by atoms with Crippen LogP contribution in [-0.4, -0.2) is 7.05 Å². The quantitative estimate of drug-likeness (QED) is 0.631. The Labute approximate surface area is 111 Å². The number of rotatable bonds is 5. The summed E-state index contributed by atoms with van der Waals surface area (Å²) in [6.45, 7) is 0. The van der Waals surface area contributed by atoms with Crippen molar-refractivity contribution in [3.8, 4) is 12.3 Å². The van der Waals surface area contributed by atoms with Crippen molar-refractivity contribution < 1.29 is 4.39 Å². The molecular weight excluding hydrogens is 245 g/mol. The number of thiophene rings is 1. The molecule has 0 saturated carbocycles. The van der Waals surface area contributed by atoms with Crippen LogP contribution in [0.1, 0.15) is 30.2 Å². The number of unbranched alkanes of at least 4 members (excludes halogenated alkanes) is 1. The maximum atomic E-state index is 13.1. The van der Waals surface area contributed by atoms with E-state index in [-0.39, 0.29) is 5.82 Å². The Morgan fingerprint density at radius 2 is 2.28 bits per heavy atom. The molecule has 1 heterocycles. The lowest BCUT2D eigenvalue weighted by molar-refractivity contribution is 0.540. The summed E-state index contributed by atoms with van der Waals surface area (Å²) in [6.07, 6.45) is 8.08. The molecular formula is C15H16FNS. The zero-order chi connectivity index (χ0) is 13.0. The molecule has 94 valence electrons. The Balaban J connectivity index is 2.20. The lowest BCUT2D eigenvalue weighted by Gasteiger charge is -2.13. The van der Waals surface area contributed by atoms with Crippen molar-refractivity contribution in [2.24, 2.45) is 0 Å². The van der Waals surface area contributed by atoms with Gasteiger partial charge in [0.1, 0.15) is 5.82 Å². The van der Waals surface area contributed by atoms with Crippen molar-refractivity contribution in [3.05, 3.63) is 35.0 Å². The molecule has 0 saturated heterocycles. The van der Waals surface area contributed by atoms with Crippen LogP contribution in [0, 0.1) is 18.2 Å². The van der Waals surface area contributed by atoms with Crippen LogP contribution in [0.5, 0.6) is 0 Å². The van der Waals surface area contributed by atoms with E-state index in [9.17, 15) is 4.39 Å². The van der Waals surface area contributed by atoms with E-state index in [1.165, 1.54) is 10.9 Å². The molecule has 0 aliphatic heterocycles. The van der Waals surface area contributed by atoms with E-state index < -0.39 is 0 Å².